The molecule has 7 nitrogen and oxygen atoms in total. The van der Waals surface area contributed by atoms with E-state index in [9.17, 15) is 13.2 Å². The molecular formula is C15H24N2O5S. The van der Waals surface area contributed by atoms with Crippen LogP contribution in [-0.4, -0.2) is 59.1 Å². The lowest BCUT2D eigenvalue weighted by atomic mass is 10.3. The Morgan fingerprint density at radius 1 is 1.22 bits per heavy atom. The number of benzene rings is 1. The molecule has 0 atom stereocenters. The van der Waals surface area contributed by atoms with E-state index < -0.39 is 10.0 Å². The number of amides is 1. The third-order valence-electron chi connectivity index (χ3n) is 2.96. The number of hydrogen-bond donors (Lipinski definition) is 1. The second-order valence-electron chi connectivity index (χ2n) is 4.95. The van der Waals surface area contributed by atoms with Gasteiger partial charge in [-0.15, -0.1) is 0 Å². The van der Waals surface area contributed by atoms with Crippen LogP contribution in [0.2, 0.25) is 0 Å². The molecule has 0 heterocycles. The Labute approximate surface area is 137 Å². The van der Waals surface area contributed by atoms with Crippen molar-refractivity contribution in [2.75, 3.05) is 40.5 Å². The molecular weight excluding hydrogens is 320 g/mol. The van der Waals surface area contributed by atoms with E-state index in [2.05, 4.69) is 5.32 Å². The van der Waals surface area contributed by atoms with Gasteiger partial charge in [-0.2, -0.15) is 0 Å². The summed E-state index contributed by atoms with van der Waals surface area (Å²) in [6.07, 6.45) is 0.747. The normalized spacial score (nSPS) is 11.5. The van der Waals surface area contributed by atoms with Gasteiger partial charge in [0.05, 0.1) is 4.90 Å². The van der Waals surface area contributed by atoms with E-state index in [1.54, 1.807) is 0 Å². The van der Waals surface area contributed by atoms with Gasteiger partial charge in [0.15, 0.2) is 6.61 Å². The molecule has 0 aromatic heterocycles. The zero-order valence-corrected chi connectivity index (χ0v) is 14.6. The zero-order valence-electron chi connectivity index (χ0n) is 13.7. The average molecular weight is 344 g/mol. The van der Waals surface area contributed by atoms with Gasteiger partial charge in [0.1, 0.15) is 5.75 Å². The van der Waals surface area contributed by atoms with Crippen LogP contribution in [0.3, 0.4) is 0 Å². The largest absolute Gasteiger partial charge is 0.484 e. The number of rotatable bonds is 10. The minimum absolute atomic E-state index is 0.117. The number of hydrogen-bond acceptors (Lipinski definition) is 5. The van der Waals surface area contributed by atoms with E-state index in [0.29, 0.717) is 25.5 Å². The van der Waals surface area contributed by atoms with Crippen molar-refractivity contribution in [3.05, 3.63) is 24.3 Å². The zero-order chi connectivity index (χ0) is 17.3. The molecule has 0 aliphatic heterocycles. The lowest BCUT2D eigenvalue weighted by Crippen LogP contribution is -2.30. The average Bonchev–Trinajstić information content (AvgIpc) is 2.53. The first-order valence-corrected chi connectivity index (χ1v) is 8.81. The lowest BCUT2D eigenvalue weighted by molar-refractivity contribution is -0.123. The van der Waals surface area contributed by atoms with E-state index in [0.717, 1.165) is 10.7 Å². The van der Waals surface area contributed by atoms with Crippen LogP contribution in [0.4, 0.5) is 0 Å². The van der Waals surface area contributed by atoms with Crippen LogP contribution in [0.1, 0.15) is 13.3 Å². The first-order valence-electron chi connectivity index (χ1n) is 7.37. The molecule has 1 rings (SSSR count). The van der Waals surface area contributed by atoms with Crippen molar-refractivity contribution in [3.63, 3.8) is 0 Å². The molecule has 23 heavy (non-hydrogen) atoms. The fraction of sp³-hybridized carbons (Fsp3) is 0.533. The van der Waals surface area contributed by atoms with Crippen LogP contribution in [-0.2, 0) is 19.6 Å². The van der Waals surface area contributed by atoms with E-state index in [1.165, 1.54) is 38.4 Å². The third-order valence-corrected chi connectivity index (χ3v) is 4.79. The third kappa shape index (κ3) is 6.55. The van der Waals surface area contributed by atoms with Crippen molar-refractivity contribution in [3.8, 4) is 5.75 Å². The van der Waals surface area contributed by atoms with Gasteiger partial charge < -0.3 is 14.8 Å². The Morgan fingerprint density at radius 2 is 1.87 bits per heavy atom. The summed E-state index contributed by atoms with van der Waals surface area (Å²) in [4.78, 5) is 11.8. The number of sulfonamides is 1. The molecule has 0 saturated carbocycles. The molecule has 8 heteroatoms. The molecule has 0 aliphatic carbocycles. The fourth-order valence-electron chi connectivity index (χ4n) is 1.66. The van der Waals surface area contributed by atoms with Crippen molar-refractivity contribution >= 4 is 15.9 Å². The van der Waals surface area contributed by atoms with Gasteiger partial charge in [-0.05, 0) is 37.6 Å². The Bertz CT molecular complexity index is 584. The molecule has 0 bridgehead atoms. The second-order valence-corrected chi connectivity index (χ2v) is 7.10. The maximum atomic E-state index is 11.9. The fourth-order valence-corrected chi connectivity index (χ4v) is 2.57. The van der Waals surface area contributed by atoms with Gasteiger partial charge in [-0.1, -0.05) is 0 Å². The number of carbonyl (C=O) groups excluding carboxylic acids is 1. The van der Waals surface area contributed by atoms with Crippen molar-refractivity contribution in [2.24, 2.45) is 0 Å². The Kier molecular flexibility index (Phi) is 8.01. The number of nitrogens with one attached hydrogen (secondary N) is 1. The molecule has 1 aromatic carbocycles. The topological polar surface area (TPSA) is 84.9 Å². The molecule has 1 aromatic rings. The first-order chi connectivity index (χ1) is 10.9. The molecule has 0 unspecified atom stereocenters. The molecule has 0 spiro atoms. The second kappa shape index (κ2) is 9.49. The van der Waals surface area contributed by atoms with Crippen LogP contribution in [0.15, 0.2) is 29.2 Å². The molecule has 0 saturated heterocycles. The van der Waals surface area contributed by atoms with Crippen LogP contribution >= 0.6 is 0 Å². The SMILES string of the molecule is CCOCCCNC(=O)COc1ccc(S(=O)(=O)N(C)C)cc1. The highest BCUT2D eigenvalue weighted by molar-refractivity contribution is 7.89. The van der Waals surface area contributed by atoms with Gasteiger partial charge in [0, 0.05) is 33.9 Å². The quantitative estimate of drug-likeness (QED) is 0.636. The molecule has 0 aliphatic rings. The smallest absolute Gasteiger partial charge is 0.257 e. The minimum Gasteiger partial charge on any atom is -0.484 e. The monoisotopic (exact) mass is 344 g/mol. The van der Waals surface area contributed by atoms with Crippen LogP contribution in [0, 0.1) is 0 Å². The molecule has 0 radical (unpaired) electrons. The lowest BCUT2D eigenvalue weighted by Gasteiger charge is -2.12. The highest BCUT2D eigenvalue weighted by Gasteiger charge is 2.16. The summed E-state index contributed by atoms with van der Waals surface area (Å²) < 4.78 is 35.5. The van der Waals surface area contributed by atoms with E-state index in [4.69, 9.17) is 9.47 Å². The van der Waals surface area contributed by atoms with Gasteiger partial charge in [-0.3, -0.25) is 4.79 Å². The summed E-state index contributed by atoms with van der Waals surface area (Å²) >= 11 is 0. The van der Waals surface area contributed by atoms with Gasteiger partial charge in [0.2, 0.25) is 10.0 Å². The van der Waals surface area contributed by atoms with E-state index in [-0.39, 0.29) is 17.4 Å². The maximum absolute atomic E-state index is 11.9. The Balaban J connectivity index is 2.40. The predicted molar refractivity (Wildman–Crippen MR) is 86.9 cm³/mol. The van der Waals surface area contributed by atoms with Crippen molar-refractivity contribution < 1.29 is 22.7 Å². The van der Waals surface area contributed by atoms with Crippen LogP contribution in [0.5, 0.6) is 5.75 Å². The van der Waals surface area contributed by atoms with Crippen molar-refractivity contribution in [2.45, 2.75) is 18.2 Å². The van der Waals surface area contributed by atoms with Gasteiger partial charge in [0.25, 0.3) is 5.91 Å². The molecule has 1 amide bonds. The summed E-state index contributed by atoms with van der Waals surface area (Å²) in [5.74, 6) is 0.207. The summed E-state index contributed by atoms with van der Waals surface area (Å²) in [6.45, 7) is 3.61. The van der Waals surface area contributed by atoms with Crippen molar-refractivity contribution in [1.29, 1.82) is 0 Å². The number of nitrogens with zero attached hydrogens (tertiary/aromatic N) is 1. The standard InChI is InChI=1S/C15H24N2O5S/c1-4-21-11-5-10-16-15(18)12-22-13-6-8-14(9-7-13)23(19,20)17(2)3/h6-9H,4-5,10-12H2,1-3H3,(H,16,18). The van der Waals surface area contributed by atoms with E-state index in [1.807, 2.05) is 6.92 Å². The number of carbonyl (C=O) groups is 1. The summed E-state index contributed by atoms with van der Waals surface area (Å²) in [5.41, 5.74) is 0. The Morgan fingerprint density at radius 3 is 2.43 bits per heavy atom. The van der Waals surface area contributed by atoms with Gasteiger partial charge >= 0.3 is 0 Å². The molecule has 1 N–H and O–H groups in total. The first kappa shape index (κ1) is 19.4. The van der Waals surface area contributed by atoms with Crippen LogP contribution in [0.25, 0.3) is 0 Å². The van der Waals surface area contributed by atoms with Crippen molar-refractivity contribution in [1.82, 2.24) is 9.62 Å². The summed E-state index contributed by atoms with van der Waals surface area (Å²) in [6, 6.07) is 5.95. The minimum atomic E-state index is -3.46. The predicted octanol–water partition coefficient (Wildman–Crippen LogP) is 0.859. The van der Waals surface area contributed by atoms with Gasteiger partial charge in [-0.25, -0.2) is 12.7 Å². The Hall–Kier alpha value is -1.64. The summed E-state index contributed by atoms with van der Waals surface area (Å²) in [7, 11) is -0.522. The maximum Gasteiger partial charge on any atom is 0.257 e. The highest BCUT2D eigenvalue weighted by atomic mass is 32.2. The summed E-state index contributed by atoms with van der Waals surface area (Å²) in [5, 5.41) is 2.72. The van der Waals surface area contributed by atoms with Crippen LogP contribution < -0.4 is 10.1 Å². The molecule has 0 fully saturated rings. The van der Waals surface area contributed by atoms with E-state index >= 15 is 0 Å². The highest BCUT2D eigenvalue weighted by Crippen LogP contribution is 2.17. The number of ether oxygens (including phenoxy) is 2. The molecule has 130 valence electrons.